The Morgan fingerprint density at radius 2 is 1.52 bits per heavy atom. The highest BCUT2D eigenvalue weighted by Gasteiger charge is 2.19. The predicted octanol–water partition coefficient (Wildman–Crippen LogP) is 1.48. The van der Waals surface area contributed by atoms with Gasteiger partial charge in [-0.2, -0.15) is 0 Å². The average Bonchev–Trinajstić information content (AvgIpc) is 2.44. The van der Waals surface area contributed by atoms with Crippen LogP contribution in [0.4, 0.5) is 11.4 Å². The van der Waals surface area contributed by atoms with E-state index in [1.165, 1.54) is 0 Å². The van der Waals surface area contributed by atoms with Crippen molar-refractivity contribution in [3.63, 3.8) is 0 Å². The van der Waals surface area contributed by atoms with Crippen LogP contribution in [0.1, 0.15) is 23.7 Å². The second-order valence-electron chi connectivity index (χ2n) is 4.01. The number of non-ortho nitro benzene ring substituents is 2. The second kappa shape index (κ2) is 9.37. The Hall–Kier alpha value is -2.55. The maximum Gasteiger partial charge on any atom is 0.277 e. The molecule has 9 nitrogen and oxygen atoms in total. The third-order valence-corrected chi connectivity index (χ3v) is 2.12. The highest BCUT2D eigenvalue weighted by Crippen LogP contribution is 2.22. The topological polar surface area (TPSA) is 127 Å². The number of benzene rings is 1. The molecule has 0 radical (unpaired) electrons. The van der Waals surface area contributed by atoms with Crippen molar-refractivity contribution in [2.24, 2.45) is 0 Å². The first kappa shape index (κ1) is 18.4. The molecule has 0 aromatic heterocycles. The Morgan fingerprint density at radius 3 is 1.86 bits per heavy atom. The van der Waals surface area contributed by atoms with Gasteiger partial charge in [-0.3, -0.25) is 25.0 Å². The fourth-order valence-corrected chi connectivity index (χ4v) is 1.28. The van der Waals surface area contributed by atoms with E-state index < -0.39 is 27.1 Å². The lowest BCUT2D eigenvalue weighted by Crippen LogP contribution is -2.24. The number of hydrogen-bond donors (Lipinski definition) is 2. The summed E-state index contributed by atoms with van der Waals surface area (Å²) in [6.45, 7) is 2.24. The minimum atomic E-state index is -0.774. The van der Waals surface area contributed by atoms with E-state index in [1.54, 1.807) is 0 Å². The van der Waals surface area contributed by atoms with Gasteiger partial charge in [-0.1, -0.05) is 6.92 Å². The zero-order valence-electron chi connectivity index (χ0n) is 12.1. The predicted molar refractivity (Wildman–Crippen MR) is 77.4 cm³/mol. The van der Waals surface area contributed by atoms with Crippen molar-refractivity contribution in [2.75, 3.05) is 20.6 Å². The number of amides is 1. The molecule has 1 aromatic rings. The van der Waals surface area contributed by atoms with Crippen molar-refractivity contribution < 1.29 is 14.6 Å². The molecule has 116 valence electrons. The summed E-state index contributed by atoms with van der Waals surface area (Å²) in [6, 6.07) is 2.84. The van der Waals surface area contributed by atoms with E-state index in [4.69, 9.17) is 0 Å². The van der Waals surface area contributed by atoms with Crippen LogP contribution in [0.3, 0.4) is 0 Å². The molecule has 0 spiro atoms. The highest BCUT2D eigenvalue weighted by molar-refractivity contribution is 5.95. The van der Waals surface area contributed by atoms with Crippen LogP contribution in [0.5, 0.6) is 0 Å². The molecule has 9 heteroatoms. The van der Waals surface area contributed by atoms with Gasteiger partial charge >= 0.3 is 0 Å². The first-order valence-electron chi connectivity index (χ1n) is 6.17. The van der Waals surface area contributed by atoms with Gasteiger partial charge in [0.25, 0.3) is 17.3 Å². The summed E-state index contributed by atoms with van der Waals surface area (Å²) >= 11 is 0. The van der Waals surface area contributed by atoms with Gasteiger partial charge in [-0.25, -0.2) is 0 Å². The molecule has 0 aliphatic heterocycles. The first-order chi connectivity index (χ1) is 9.87. The minimum Gasteiger partial charge on any atom is -0.352 e. The van der Waals surface area contributed by atoms with Crippen LogP contribution < -0.4 is 10.6 Å². The second-order valence-corrected chi connectivity index (χ2v) is 4.01. The smallest absolute Gasteiger partial charge is 0.277 e. The van der Waals surface area contributed by atoms with E-state index in [0.29, 0.717) is 13.0 Å². The summed E-state index contributed by atoms with van der Waals surface area (Å²) in [7, 11) is 3.75. The molecule has 1 amide bonds. The van der Waals surface area contributed by atoms with Crippen molar-refractivity contribution in [3.8, 4) is 0 Å². The fourth-order valence-electron chi connectivity index (χ4n) is 1.28. The van der Waals surface area contributed by atoms with Crippen molar-refractivity contribution in [2.45, 2.75) is 13.3 Å². The third-order valence-electron chi connectivity index (χ3n) is 2.12. The lowest BCUT2D eigenvalue weighted by atomic mass is 10.1. The maximum absolute atomic E-state index is 11.6. The van der Waals surface area contributed by atoms with Gasteiger partial charge in [0, 0.05) is 18.7 Å². The maximum atomic E-state index is 11.6. The molecule has 0 atom stereocenters. The van der Waals surface area contributed by atoms with Gasteiger partial charge < -0.3 is 10.6 Å². The molecule has 0 aliphatic carbocycles. The van der Waals surface area contributed by atoms with Crippen LogP contribution >= 0.6 is 0 Å². The molecule has 0 saturated heterocycles. The normalized spacial score (nSPS) is 9.29. The van der Waals surface area contributed by atoms with Crippen molar-refractivity contribution in [1.82, 2.24) is 10.6 Å². The summed E-state index contributed by atoms with van der Waals surface area (Å²) in [5, 5.41) is 26.5. The summed E-state index contributed by atoms with van der Waals surface area (Å²) in [5.41, 5.74) is -1.05. The van der Waals surface area contributed by atoms with E-state index in [-0.39, 0.29) is 5.56 Å². The zero-order valence-corrected chi connectivity index (χ0v) is 12.1. The van der Waals surface area contributed by atoms with E-state index in [2.05, 4.69) is 10.6 Å². The zero-order chi connectivity index (χ0) is 16.4. The van der Waals surface area contributed by atoms with Crippen LogP contribution in [0.15, 0.2) is 18.2 Å². The first-order valence-corrected chi connectivity index (χ1v) is 6.17. The van der Waals surface area contributed by atoms with Gasteiger partial charge in [-0.05, 0) is 20.5 Å². The Kier molecular flexibility index (Phi) is 8.23. The van der Waals surface area contributed by atoms with Gasteiger partial charge in [-0.15, -0.1) is 0 Å². The largest absolute Gasteiger partial charge is 0.352 e. The molecule has 0 heterocycles. The number of nitro benzene ring substituents is 2. The SMILES string of the molecule is CCCNC(=O)c1cc([N+](=O)[O-])cc([N+](=O)[O-])c1.CNC. The summed E-state index contributed by atoms with van der Waals surface area (Å²) in [6.07, 6.45) is 0.697. The fraction of sp³-hybridized carbons (Fsp3) is 0.417. The molecule has 0 fully saturated rings. The van der Waals surface area contributed by atoms with Gasteiger partial charge in [0.05, 0.1) is 21.5 Å². The van der Waals surface area contributed by atoms with Crippen LogP contribution in [0, 0.1) is 20.2 Å². The average molecular weight is 298 g/mol. The summed E-state index contributed by atoms with van der Waals surface area (Å²) in [5.74, 6) is -0.566. The molecule has 0 unspecified atom stereocenters. The molecule has 2 N–H and O–H groups in total. The quantitative estimate of drug-likeness (QED) is 0.626. The van der Waals surface area contributed by atoms with Crippen LogP contribution in [0.25, 0.3) is 0 Å². The Balaban J connectivity index is 0.00000122. The number of nitrogens with zero attached hydrogens (tertiary/aromatic N) is 2. The molecule has 1 rings (SSSR count). The number of carbonyl (C=O) groups excluding carboxylic acids is 1. The summed E-state index contributed by atoms with van der Waals surface area (Å²) < 4.78 is 0. The Labute approximate surface area is 121 Å². The molecule has 21 heavy (non-hydrogen) atoms. The van der Waals surface area contributed by atoms with Crippen LogP contribution in [0.2, 0.25) is 0 Å². The van der Waals surface area contributed by atoms with Crippen LogP contribution in [-0.2, 0) is 0 Å². The molecular weight excluding hydrogens is 280 g/mol. The number of carbonyl (C=O) groups is 1. The summed E-state index contributed by atoms with van der Waals surface area (Å²) in [4.78, 5) is 31.3. The monoisotopic (exact) mass is 298 g/mol. The molecule has 0 saturated carbocycles. The number of nitro groups is 2. The molecule has 1 aromatic carbocycles. The molecule has 0 aliphatic rings. The lowest BCUT2D eigenvalue weighted by molar-refractivity contribution is -0.394. The number of rotatable bonds is 5. The van der Waals surface area contributed by atoms with Gasteiger partial charge in [0.2, 0.25) is 0 Å². The number of hydrogen-bond acceptors (Lipinski definition) is 6. The standard InChI is InChI=1S/C10H11N3O5.C2H7N/c1-2-3-11-10(14)7-4-8(12(15)16)6-9(5-7)13(17)18;1-3-2/h4-6H,2-3H2,1H3,(H,11,14);3H,1-2H3. The molecule has 0 bridgehead atoms. The molecular formula is C12H18N4O5. The number of nitrogens with one attached hydrogen (secondary N) is 2. The minimum absolute atomic E-state index is 0.0932. The third kappa shape index (κ3) is 6.43. The lowest BCUT2D eigenvalue weighted by Gasteiger charge is -2.03. The highest BCUT2D eigenvalue weighted by atomic mass is 16.6. The van der Waals surface area contributed by atoms with E-state index >= 15 is 0 Å². The van der Waals surface area contributed by atoms with Gasteiger partial charge in [0.1, 0.15) is 0 Å². The van der Waals surface area contributed by atoms with Crippen LogP contribution in [-0.4, -0.2) is 36.4 Å². The van der Waals surface area contributed by atoms with E-state index in [1.807, 2.05) is 21.0 Å². The van der Waals surface area contributed by atoms with Crippen molar-refractivity contribution >= 4 is 17.3 Å². The van der Waals surface area contributed by atoms with Gasteiger partial charge in [0.15, 0.2) is 0 Å². The van der Waals surface area contributed by atoms with Crippen molar-refractivity contribution in [1.29, 1.82) is 0 Å². The van der Waals surface area contributed by atoms with E-state index in [0.717, 1.165) is 18.2 Å². The van der Waals surface area contributed by atoms with E-state index in [9.17, 15) is 25.0 Å². The van der Waals surface area contributed by atoms with Crippen molar-refractivity contribution in [3.05, 3.63) is 44.0 Å². The Morgan fingerprint density at radius 1 is 1.10 bits per heavy atom. The Bertz CT molecular complexity index is 486.